The van der Waals surface area contributed by atoms with Crippen LogP contribution in [0.3, 0.4) is 0 Å². The van der Waals surface area contributed by atoms with Crippen molar-refractivity contribution < 1.29 is 22.3 Å². The minimum absolute atomic E-state index is 0.219. The molecule has 0 N–H and O–H groups in total. The number of carbonyl (C=O) groups is 1. The van der Waals surface area contributed by atoms with Crippen molar-refractivity contribution in [1.82, 2.24) is 0 Å². The van der Waals surface area contributed by atoms with E-state index in [1.807, 2.05) is 0 Å². The van der Waals surface area contributed by atoms with Crippen LogP contribution in [0.15, 0.2) is 65.6 Å². The topological polar surface area (TPSA) is 60.4 Å². The highest BCUT2D eigenvalue weighted by molar-refractivity contribution is 7.90. The van der Waals surface area contributed by atoms with Crippen molar-refractivity contribution in [3.63, 3.8) is 0 Å². The Morgan fingerprint density at radius 1 is 0.923 bits per heavy atom. The highest BCUT2D eigenvalue weighted by atomic mass is 32.2. The van der Waals surface area contributed by atoms with E-state index in [9.17, 15) is 17.6 Å². The maximum absolute atomic E-state index is 13.2. The Morgan fingerprint density at radius 3 is 1.81 bits per heavy atom. The highest BCUT2D eigenvalue weighted by Gasteiger charge is 2.25. The predicted molar refractivity (Wildman–Crippen MR) is 97.4 cm³/mol. The van der Waals surface area contributed by atoms with Crippen LogP contribution in [-0.2, 0) is 19.4 Å². The molecule has 1 aliphatic carbocycles. The lowest BCUT2D eigenvalue weighted by Crippen LogP contribution is -2.09. The molecule has 0 aromatic heterocycles. The van der Waals surface area contributed by atoms with Gasteiger partial charge >= 0.3 is 5.97 Å². The van der Waals surface area contributed by atoms with Gasteiger partial charge in [0.05, 0.1) is 17.9 Å². The van der Waals surface area contributed by atoms with Crippen LogP contribution in [0.25, 0.3) is 11.1 Å². The SMILES string of the molecule is COC(=O)C1C=C(c2ccc(F)cc2)C(c2ccc(S(C)(=O)=O)cc2)=C1. The summed E-state index contributed by atoms with van der Waals surface area (Å²) in [6.07, 6.45) is 4.67. The number of rotatable bonds is 4. The lowest BCUT2D eigenvalue weighted by atomic mass is 9.95. The first-order valence-electron chi connectivity index (χ1n) is 7.88. The van der Waals surface area contributed by atoms with Crippen molar-refractivity contribution in [2.75, 3.05) is 13.4 Å². The third-order valence-electron chi connectivity index (χ3n) is 4.20. The summed E-state index contributed by atoms with van der Waals surface area (Å²) >= 11 is 0. The van der Waals surface area contributed by atoms with E-state index in [4.69, 9.17) is 4.74 Å². The van der Waals surface area contributed by atoms with Gasteiger partial charge in [-0.05, 0) is 46.5 Å². The molecular formula is C20H17FO4S. The van der Waals surface area contributed by atoms with E-state index in [-0.39, 0.29) is 10.7 Å². The molecule has 0 bridgehead atoms. The molecule has 0 saturated heterocycles. The van der Waals surface area contributed by atoms with E-state index in [0.717, 1.165) is 28.5 Å². The molecule has 0 aliphatic heterocycles. The maximum Gasteiger partial charge on any atom is 0.316 e. The van der Waals surface area contributed by atoms with Crippen LogP contribution in [0.2, 0.25) is 0 Å². The number of ether oxygens (including phenoxy) is 1. The Kier molecular flexibility index (Phi) is 4.78. The monoisotopic (exact) mass is 372 g/mol. The summed E-state index contributed by atoms with van der Waals surface area (Å²) in [6, 6.07) is 12.4. The van der Waals surface area contributed by atoms with Gasteiger partial charge in [0.1, 0.15) is 5.82 Å². The fourth-order valence-corrected chi connectivity index (χ4v) is 3.50. The standard InChI is InChI=1S/C20H17FO4S/c1-25-20(22)15-11-18(13-3-7-16(21)8-4-13)19(12-15)14-5-9-17(10-6-14)26(2,23)24/h3-12,15H,1-2H3. The quantitative estimate of drug-likeness (QED) is 0.771. The summed E-state index contributed by atoms with van der Waals surface area (Å²) in [7, 11) is -1.97. The van der Waals surface area contributed by atoms with E-state index in [1.54, 1.807) is 36.4 Å². The molecule has 134 valence electrons. The number of hydrogen-bond donors (Lipinski definition) is 0. The third kappa shape index (κ3) is 3.60. The number of benzene rings is 2. The van der Waals surface area contributed by atoms with E-state index in [0.29, 0.717) is 0 Å². The molecule has 4 nitrogen and oxygen atoms in total. The Morgan fingerprint density at radius 2 is 1.38 bits per heavy atom. The van der Waals surface area contributed by atoms with Crippen LogP contribution >= 0.6 is 0 Å². The highest BCUT2D eigenvalue weighted by Crippen LogP contribution is 2.39. The first kappa shape index (κ1) is 18.1. The largest absolute Gasteiger partial charge is 0.468 e. The zero-order valence-corrected chi connectivity index (χ0v) is 15.1. The van der Waals surface area contributed by atoms with Crippen LogP contribution in [0, 0.1) is 11.7 Å². The second-order valence-electron chi connectivity index (χ2n) is 6.01. The van der Waals surface area contributed by atoms with Crippen LogP contribution in [0.4, 0.5) is 4.39 Å². The first-order valence-corrected chi connectivity index (χ1v) is 9.77. The summed E-state index contributed by atoms with van der Waals surface area (Å²) < 4.78 is 41.3. The second kappa shape index (κ2) is 6.88. The van der Waals surface area contributed by atoms with Crippen LogP contribution in [0.1, 0.15) is 11.1 Å². The molecule has 0 amide bonds. The smallest absolute Gasteiger partial charge is 0.316 e. The van der Waals surface area contributed by atoms with Crippen molar-refractivity contribution in [3.05, 3.63) is 77.6 Å². The van der Waals surface area contributed by atoms with Gasteiger partial charge in [0.15, 0.2) is 9.84 Å². The number of sulfone groups is 1. The molecule has 1 atom stereocenters. The minimum atomic E-state index is -3.29. The molecule has 6 heteroatoms. The van der Waals surface area contributed by atoms with Gasteiger partial charge in [0.25, 0.3) is 0 Å². The Balaban J connectivity index is 2.05. The lowest BCUT2D eigenvalue weighted by molar-refractivity contribution is -0.142. The molecule has 0 spiro atoms. The Bertz CT molecular complexity index is 1000. The van der Waals surface area contributed by atoms with Gasteiger partial charge in [0.2, 0.25) is 0 Å². The van der Waals surface area contributed by atoms with Gasteiger partial charge in [-0.1, -0.05) is 36.4 Å². The van der Waals surface area contributed by atoms with Gasteiger partial charge < -0.3 is 4.74 Å². The molecule has 1 aliphatic rings. The summed E-state index contributed by atoms with van der Waals surface area (Å²) in [6.45, 7) is 0. The van der Waals surface area contributed by atoms with E-state index in [1.165, 1.54) is 31.4 Å². The number of carbonyl (C=O) groups excluding carboxylic acids is 1. The van der Waals surface area contributed by atoms with Gasteiger partial charge in [-0.25, -0.2) is 12.8 Å². The van der Waals surface area contributed by atoms with Crippen molar-refractivity contribution in [1.29, 1.82) is 0 Å². The average Bonchev–Trinajstić information content (AvgIpc) is 3.06. The molecule has 0 saturated carbocycles. The molecule has 0 fully saturated rings. The zero-order chi connectivity index (χ0) is 18.9. The average molecular weight is 372 g/mol. The van der Waals surface area contributed by atoms with Crippen molar-refractivity contribution in [3.8, 4) is 0 Å². The number of hydrogen-bond acceptors (Lipinski definition) is 4. The van der Waals surface area contributed by atoms with Crippen LogP contribution in [0.5, 0.6) is 0 Å². The van der Waals surface area contributed by atoms with E-state index >= 15 is 0 Å². The normalized spacial score (nSPS) is 16.8. The minimum Gasteiger partial charge on any atom is -0.468 e. The van der Waals surface area contributed by atoms with Crippen molar-refractivity contribution in [2.24, 2.45) is 5.92 Å². The fraction of sp³-hybridized carbons (Fsp3) is 0.150. The van der Waals surface area contributed by atoms with E-state index in [2.05, 4.69) is 0 Å². The summed E-state index contributed by atoms with van der Waals surface area (Å²) in [5.41, 5.74) is 3.06. The molecule has 0 heterocycles. The number of halogens is 1. The lowest BCUT2D eigenvalue weighted by Gasteiger charge is -2.10. The number of allylic oxidation sites excluding steroid dienone is 2. The third-order valence-corrected chi connectivity index (χ3v) is 5.33. The van der Waals surface area contributed by atoms with Gasteiger partial charge in [0, 0.05) is 6.26 Å². The van der Waals surface area contributed by atoms with E-state index < -0.39 is 21.7 Å². The Labute approximate surface area is 151 Å². The number of esters is 1. The Hall–Kier alpha value is -2.73. The van der Waals surface area contributed by atoms with Gasteiger partial charge in [-0.15, -0.1) is 0 Å². The molecular weight excluding hydrogens is 355 g/mol. The zero-order valence-electron chi connectivity index (χ0n) is 14.3. The fourth-order valence-electron chi connectivity index (χ4n) is 2.87. The molecule has 3 rings (SSSR count). The van der Waals surface area contributed by atoms with Crippen LogP contribution in [-0.4, -0.2) is 27.8 Å². The maximum atomic E-state index is 13.2. The van der Waals surface area contributed by atoms with Gasteiger partial charge in [-0.2, -0.15) is 0 Å². The molecule has 0 radical (unpaired) electrons. The molecule has 2 aromatic rings. The summed E-state index contributed by atoms with van der Waals surface area (Å²) in [4.78, 5) is 12.2. The molecule has 2 aromatic carbocycles. The molecule has 26 heavy (non-hydrogen) atoms. The first-order chi connectivity index (χ1) is 12.3. The molecule has 1 unspecified atom stereocenters. The van der Waals surface area contributed by atoms with Crippen molar-refractivity contribution in [2.45, 2.75) is 4.90 Å². The van der Waals surface area contributed by atoms with Crippen LogP contribution < -0.4 is 0 Å². The van der Waals surface area contributed by atoms with Gasteiger partial charge in [-0.3, -0.25) is 4.79 Å². The van der Waals surface area contributed by atoms with Crippen molar-refractivity contribution >= 4 is 27.0 Å². The summed E-state index contributed by atoms with van der Waals surface area (Å²) in [5.74, 6) is -1.29. The second-order valence-corrected chi connectivity index (χ2v) is 8.03. The predicted octanol–water partition coefficient (Wildman–Crippen LogP) is 3.50. The number of methoxy groups -OCH3 is 1. The summed E-state index contributed by atoms with van der Waals surface area (Å²) in [5, 5.41) is 0.